The van der Waals surface area contributed by atoms with E-state index in [0.717, 1.165) is 31.6 Å². The Labute approximate surface area is 169 Å². The molecule has 1 unspecified atom stereocenters. The monoisotopic (exact) mass is 417 g/mol. The van der Waals surface area contributed by atoms with Gasteiger partial charge < -0.3 is 10.6 Å². The molecule has 1 aliphatic heterocycles. The SMILES string of the molecule is CCN(CC)S(=O)(=O)c1ccc(CCC(=O)NCC2CCCNC2)cc1.Cl. The molecule has 0 bridgehead atoms. The summed E-state index contributed by atoms with van der Waals surface area (Å²) in [6, 6.07) is 6.87. The molecule has 1 saturated heterocycles. The van der Waals surface area contributed by atoms with Crippen molar-refractivity contribution in [3.05, 3.63) is 29.8 Å². The van der Waals surface area contributed by atoms with Crippen molar-refractivity contribution in [1.29, 1.82) is 0 Å². The number of piperidine rings is 1. The average Bonchev–Trinajstić information content (AvgIpc) is 2.66. The van der Waals surface area contributed by atoms with Gasteiger partial charge in [-0.05, 0) is 56.0 Å². The Kier molecular flexibility index (Phi) is 10.3. The molecule has 8 heteroatoms. The first-order valence-electron chi connectivity index (χ1n) is 9.53. The molecular weight excluding hydrogens is 386 g/mol. The van der Waals surface area contributed by atoms with Crippen molar-refractivity contribution in [2.45, 2.75) is 44.4 Å². The van der Waals surface area contributed by atoms with Crippen molar-refractivity contribution >= 4 is 28.3 Å². The number of hydrogen-bond donors (Lipinski definition) is 2. The Balaban J connectivity index is 0.00000364. The summed E-state index contributed by atoms with van der Waals surface area (Å²) in [5.74, 6) is 0.577. The molecule has 6 nitrogen and oxygen atoms in total. The van der Waals surface area contributed by atoms with Crippen LogP contribution in [0, 0.1) is 5.92 Å². The molecule has 1 heterocycles. The number of benzene rings is 1. The number of sulfonamides is 1. The lowest BCUT2D eigenvalue weighted by Crippen LogP contribution is -2.38. The molecule has 2 N–H and O–H groups in total. The van der Waals surface area contributed by atoms with E-state index < -0.39 is 10.0 Å². The van der Waals surface area contributed by atoms with Crippen LogP contribution in [-0.2, 0) is 21.2 Å². The molecule has 1 aliphatic rings. The maximum Gasteiger partial charge on any atom is 0.243 e. The van der Waals surface area contributed by atoms with Crippen molar-refractivity contribution in [1.82, 2.24) is 14.9 Å². The number of rotatable bonds is 9. The van der Waals surface area contributed by atoms with Gasteiger partial charge in [0.2, 0.25) is 15.9 Å². The number of nitrogens with one attached hydrogen (secondary N) is 2. The van der Waals surface area contributed by atoms with Gasteiger partial charge in [0.25, 0.3) is 0 Å². The van der Waals surface area contributed by atoms with Crippen molar-refractivity contribution in [3.8, 4) is 0 Å². The summed E-state index contributed by atoms with van der Waals surface area (Å²) in [6.45, 7) is 7.35. The second-order valence-corrected chi connectivity index (χ2v) is 8.69. The molecule has 27 heavy (non-hydrogen) atoms. The van der Waals surface area contributed by atoms with Gasteiger partial charge in [-0.3, -0.25) is 4.79 Å². The minimum absolute atomic E-state index is 0. The lowest BCUT2D eigenvalue weighted by Gasteiger charge is -2.22. The zero-order valence-corrected chi connectivity index (χ0v) is 17.9. The van der Waals surface area contributed by atoms with Gasteiger partial charge in [-0.15, -0.1) is 12.4 Å². The van der Waals surface area contributed by atoms with E-state index in [1.165, 1.54) is 10.7 Å². The molecule has 0 saturated carbocycles. The summed E-state index contributed by atoms with van der Waals surface area (Å²) >= 11 is 0. The number of carbonyl (C=O) groups is 1. The van der Waals surface area contributed by atoms with Gasteiger partial charge in [0, 0.05) is 26.1 Å². The third-order valence-electron chi connectivity index (χ3n) is 4.89. The third kappa shape index (κ3) is 7.07. The fraction of sp³-hybridized carbons (Fsp3) is 0.632. The molecule has 2 rings (SSSR count). The topological polar surface area (TPSA) is 78.5 Å². The zero-order chi connectivity index (χ0) is 19.0. The van der Waals surface area contributed by atoms with E-state index in [1.807, 2.05) is 13.8 Å². The highest BCUT2D eigenvalue weighted by Gasteiger charge is 2.21. The van der Waals surface area contributed by atoms with Gasteiger partial charge in [0.05, 0.1) is 4.90 Å². The summed E-state index contributed by atoms with van der Waals surface area (Å²) in [6.07, 6.45) is 3.36. The summed E-state index contributed by atoms with van der Waals surface area (Å²) < 4.78 is 26.4. The van der Waals surface area contributed by atoms with E-state index in [2.05, 4.69) is 10.6 Å². The van der Waals surface area contributed by atoms with Crippen molar-refractivity contribution in [2.75, 3.05) is 32.7 Å². The largest absolute Gasteiger partial charge is 0.356 e. The predicted molar refractivity (Wildman–Crippen MR) is 111 cm³/mol. The number of hydrogen-bond acceptors (Lipinski definition) is 4. The summed E-state index contributed by atoms with van der Waals surface area (Å²) in [4.78, 5) is 12.3. The van der Waals surface area contributed by atoms with E-state index >= 15 is 0 Å². The second kappa shape index (κ2) is 11.6. The highest BCUT2D eigenvalue weighted by molar-refractivity contribution is 7.89. The van der Waals surface area contributed by atoms with Crippen molar-refractivity contribution in [3.63, 3.8) is 0 Å². The highest BCUT2D eigenvalue weighted by atomic mass is 35.5. The Morgan fingerprint density at radius 3 is 2.44 bits per heavy atom. The van der Waals surface area contributed by atoms with E-state index in [1.54, 1.807) is 24.3 Å². The molecule has 1 aromatic rings. The molecule has 1 amide bonds. The van der Waals surface area contributed by atoms with E-state index in [9.17, 15) is 13.2 Å². The molecule has 0 radical (unpaired) electrons. The van der Waals surface area contributed by atoms with Gasteiger partial charge in [-0.25, -0.2) is 8.42 Å². The van der Waals surface area contributed by atoms with Gasteiger partial charge in [-0.1, -0.05) is 26.0 Å². The summed E-state index contributed by atoms with van der Waals surface area (Å²) in [5.41, 5.74) is 0.970. The normalized spacial score (nSPS) is 17.4. The fourth-order valence-corrected chi connectivity index (χ4v) is 4.70. The van der Waals surface area contributed by atoms with E-state index in [0.29, 0.717) is 36.7 Å². The molecule has 0 aliphatic carbocycles. The summed E-state index contributed by atoms with van der Waals surface area (Å²) in [5, 5.41) is 6.35. The van der Waals surface area contributed by atoms with Crippen LogP contribution in [0.5, 0.6) is 0 Å². The molecule has 0 spiro atoms. The average molecular weight is 418 g/mol. The molecule has 0 aromatic heterocycles. The van der Waals surface area contributed by atoms with Crippen LogP contribution >= 0.6 is 12.4 Å². The van der Waals surface area contributed by atoms with Gasteiger partial charge in [-0.2, -0.15) is 4.31 Å². The minimum atomic E-state index is -3.42. The van der Waals surface area contributed by atoms with Crippen molar-refractivity contribution < 1.29 is 13.2 Å². The second-order valence-electron chi connectivity index (χ2n) is 6.75. The quantitative estimate of drug-likeness (QED) is 0.645. The molecule has 154 valence electrons. The van der Waals surface area contributed by atoms with Crippen LogP contribution in [-0.4, -0.2) is 51.4 Å². The fourth-order valence-electron chi connectivity index (χ4n) is 3.24. The van der Waals surface area contributed by atoms with Crippen LogP contribution in [0.3, 0.4) is 0 Å². The molecule has 1 aromatic carbocycles. The minimum Gasteiger partial charge on any atom is -0.356 e. The van der Waals surface area contributed by atoms with Gasteiger partial charge in [0.15, 0.2) is 0 Å². The Morgan fingerprint density at radius 2 is 1.89 bits per heavy atom. The maximum atomic E-state index is 12.5. The third-order valence-corrected chi connectivity index (χ3v) is 6.96. The zero-order valence-electron chi connectivity index (χ0n) is 16.2. The number of nitrogens with zero attached hydrogens (tertiary/aromatic N) is 1. The lowest BCUT2D eigenvalue weighted by molar-refractivity contribution is -0.121. The van der Waals surface area contributed by atoms with Crippen molar-refractivity contribution in [2.24, 2.45) is 5.92 Å². The van der Waals surface area contributed by atoms with Gasteiger partial charge >= 0.3 is 0 Å². The highest BCUT2D eigenvalue weighted by Crippen LogP contribution is 2.17. The smallest absolute Gasteiger partial charge is 0.243 e. The molecule has 1 atom stereocenters. The van der Waals surface area contributed by atoms with Gasteiger partial charge in [0.1, 0.15) is 0 Å². The first-order valence-corrected chi connectivity index (χ1v) is 11.0. The van der Waals surface area contributed by atoms with Crippen LogP contribution in [0.1, 0.15) is 38.7 Å². The number of carbonyl (C=O) groups excluding carboxylic acids is 1. The Bertz CT molecular complexity index is 670. The lowest BCUT2D eigenvalue weighted by atomic mass is 10.00. The molecular formula is C19H32ClN3O3S. The summed E-state index contributed by atoms with van der Waals surface area (Å²) in [7, 11) is -3.42. The van der Waals surface area contributed by atoms with Crippen LogP contribution in [0.4, 0.5) is 0 Å². The standard InChI is InChI=1S/C19H31N3O3S.ClH/c1-3-22(4-2)26(24,25)18-10-7-16(8-11-18)9-12-19(23)21-15-17-6-5-13-20-14-17;/h7-8,10-11,17,20H,3-6,9,12-15H2,1-2H3,(H,21,23);1H. The van der Waals surface area contributed by atoms with Crippen LogP contribution < -0.4 is 10.6 Å². The van der Waals surface area contributed by atoms with Crippen LogP contribution in [0.25, 0.3) is 0 Å². The van der Waals surface area contributed by atoms with E-state index in [-0.39, 0.29) is 18.3 Å². The van der Waals surface area contributed by atoms with Crippen LogP contribution in [0.15, 0.2) is 29.2 Å². The number of amides is 1. The first-order chi connectivity index (χ1) is 12.5. The first kappa shape index (κ1) is 23.9. The Hall–Kier alpha value is -1.15. The predicted octanol–water partition coefficient (Wildman–Crippen LogP) is 2.19. The number of halogens is 1. The van der Waals surface area contributed by atoms with E-state index in [4.69, 9.17) is 0 Å². The van der Waals surface area contributed by atoms with Crippen LogP contribution in [0.2, 0.25) is 0 Å². The number of aryl methyl sites for hydroxylation is 1. The molecule has 1 fully saturated rings. The Morgan fingerprint density at radius 1 is 1.22 bits per heavy atom. The maximum absolute atomic E-state index is 12.5.